The summed E-state index contributed by atoms with van der Waals surface area (Å²) in [5, 5.41) is 3.06. The predicted molar refractivity (Wildman–Crippen MR) is 105 cm³/mol. The number of carbonyl (C=O) groups excluding carboxylic acids is 1. The van der Waals surface area contributed by atoms with Gasteiger partial charge in [-0.05, 0) is 49.1 Å². The van der Waals surface area contributed by atoms with Gasteiger partial charge in [0.1, 0.15) is 4.70 Å². The SMILES string of the molecule is CCC(C)n1c(SCC(=O)c2ccc(Cl)cc2)nc2ccsc2c1=O. The fourth-order valence-electron chi connectivity index (χ4n) is 2.43. The number of hydrogen-bond donors (Lipinski definition) is 0. The minimum Gasteiger partial charge on any atom is -0.293 e. The maximum absolute atomic E-state index is 12.8. The highest BCUT2D eigenvalue weighted by Gasteiger charge is 2.17. The molecule has 2 aromatic heterocycles. The number of carbonyl (C=O) groups is 1. The largest absolute Gasteiger partial charge is 0.293 e. The number of hydrogen-bond acceptors (Lipinski definition) is 5. The number of benzene rings is 1. The van der Waals surface area contributed by atoms with Crippen LogP contribution >= 0.6 is 34.7 Å². The van der Waals surface area contributed by atoms with Crippen molar-refractivity contribution in [3.05, 3.63) is 56.7 Å². The van der Waals surface area contributed by atoms with Gasteiger partial charge in [0.25, 0.3) is 5.56 Å². The molecule has 7 heteroatoms. The molecule has 0 bridgehead atoms. The summed E-state index contributed by atoms with van der Waals surface area (Å²) >= 11 is 8.57. The second-order valence-corrected chi connectivity index (χ2v) is 7.98. The molecule has 2 heterocycles. The van der Waals surface area contributed by atoms with Crippen molar-refractivity contribution < 1.29 is 4.79 Å². The van der Waals surface area contributed by atoms with Crippen molar-refractivity contribution >= 4 is 50.7 Å². The van der Waals surface area contributed by atoms with Crippen LogP contribution < -0.4 is 5.56 Å². The van der Waals surface area contributed by atoms with E-state index in [-0.39, 0.29) is 23.1 Å². The van der Waals surface area contributed by atoms with E-state index in [2.05, 4.69) is 4.98 Å². The summed E-state index contributed by atoms with van der Waals surface area (Å²) in [5.74, 6) is 0.206. The number of ketones is 1. The molecule has 3 rings (SSSR count). The Balaban J connectivity index is 1.91. The third-order valence-electron chi connectivity index (χ3n) is 4.01. The first-order valence-corrected chi connectivity index (χ1v) is 10.2. The molecule has 130 valence electrons. The zero-order valence-corrected chi connectivity index (χ0v) is 16.2. The van der Waals surface area contributed by atoms with Gasteiger partial charge in [-0.2, -0.15) is 0 Å². The zero-order chi connectivity index (χ0) is 18.0. The van der Waals surface area contributed by atoms with Gasteiger partial charge in [-0.3, -0.25) is 14.2 Å². The van der Waals surface area contributed by atoms with Crippen LogP contribution in [-0.2, 0) is 0 Å². The van der Waals surface area contributed by atoms with E-state index in [1.165, 1.54) is 23.1 Å². The van der Waals surface area contributed by atoms with E-state index < -0.39 is 0 Å². The average molecular weight is 393 g/mol. The van der Waals surface area contributed by atoms with E-state index >= 15 is 0 Å². The molecule has 0 saturated carbocycles. The van der Waals surface area contributed by atoms with E-state index in [1.807, 2.05) is 25.3 Å². The van der Waals surface area contributed by atoms with Crippen molar-refractivity contribution in [2.45, 2.75) is 31.5 Å². The summed E-state index contributed by atoms with van der Waals surface area (Å²) < 4.78 is 2.37. The van der Waals surface area contributed by atoms with Gasteiger partial charge in [-0.15, -0.1) is 11.3 Å². The lowest BCUT2D eigenvalue weighted by Crippen LogP contribution is -2.25. The minimum atomic E-state index is -0.0317. The quantitative estimate of drug-likeness (QED) is 0.334. The molecular weight excluding hydrogens is 376 g/mol. The van der Waals surface area contributed by atoms with Crippen LogP contribution in [0.4, 0.5) is 0 Å². The van der Waals surface area contributed by atoms with E-state index in [9.17, 15) is 9.59 Å². The molecule has 1 aromatic carbocycles. The monoisotopic (exact) mass is 392 g/mol. The van der Waals surface area contributed by atoms with E-state index in [0.29, 0.717) is 26.0 Å². The number of nitrogens with zero attached hydrogens (tertiary/aromatic N) is 2. The number of halogens is 1. The predicted octanol–water partition coefficient (Wildman–Crippen LogP) is 5.06. The first-order chi connectivity index (χ1) is 12.0. The molecule has 1 unspecified atom stereocenters. The highest BCUT2D eigenvalue weighted by molar-refractivity contribution is 7.99. The number of thiophene rings is 1. The Morgan fingerprint density at radius 1 is 1.32 bits per heavy atom. The molecule has 0 aliphatic rings. The number of aromatic nitrogens is 2. The molecular formula is C18H17ClN2O2S2. The maximum Gasteiger partial charge on any atom is 0.272 e. The van der Waals surface area contributed by atoms with Crippen LogP contribution in [0.3, 0.4) is 0 Å². The van der Waals surface area contributed by atoms with Crippen molar-refractivity contribution in [2.24, 2.45) is 0 Å². The van der Waals surface area contributed by atoms with Gasteiger partial charge in [-0.25, -0.2) is 4.98 Å². The number of rotatable bonds is 6. The zero-order valence-electron chi connectivity index (χ0n) is 13.9. The highest BCUT2D eigenvalue weighted by atomic mass is 35.5. The Kier molecular flexibility index (Phi) is 5.61. The van der Waals surface area contributed by atoms with Gasteiger partial charge in [-0.1, -0.05) is 30.3 Å². The molecule has 0 fully saturated rings. The standard InChI is InChI=1S/C18H17ClN2O2S2/c1-3-11(2)21-17(23)16-14(8-9-24-16)20-18(21)25-10-15(22)12-4-6-13(19)7-5-12/h4-9,11H,3,10H2,1-2H3. The molecule has 1 atom stereocenters. The summed E-state index contributed by atoms with van der Waals surface area (Å²) in [7, 11) is 0. The third-order valence-corrected chi connectivity index (χ3v) is 6.11. The molecule has 0 radical (unpaired) electrons. The Labute approximate surface area is 158 Å². The first-order valence-electron chi connectivity index (χ1n) is 7.92. The van der Waals surface area contributed by atoms with E-state index in [0.717, 1.165) is 6.42 Å². The first kappa shape index (κ1) is 18.2. The van der Waals surface area contributed by atoms with Gasteiger partial charge in [0.2, 0.25) is 0 Å². The van der Waals surface area contributed by atoms with Crippen LogP contribution in [0.5, 0.6) is 0 Å². The van der Waals surface area contributed by atoms with E-state index in [4.69, 9.17) is 11.6 Å². The van der Waals surface area contributed by atoms with Gasteiger partial charge in [0.05, 0.1) is 11.3 Å². The van der Waals surface area contributed by atoms with Crippen molar-refractivity contribution in [2.75, 3.05) is 5.75 Å². The average Bonchev–Trinajstić information content (AvgIpc) is 3.08. The molecule has 0 saturated heterocycles. The van der Waals surface area contributed by atoms with Gasteiger partial charge < -0.3 is 0 Å². The fraction of sp³-hybridized carbons (Fsp3) is 0.278. The van der Waals surface area contributed by atoms with Crippen molar-refractivity contribution in [1.29, 1.82) is 0 Å². The highest BCUT2D eigenvalue weighted by Crippen LogP contribution is 2.25. The van der Waals surface area contributed by atoms with Gasteiger partial charge >= 0.3 is 0 Å². The molecule has 0 aliphatic heterocycles. The van der Waals surface area contributed by atoms with Crippen LogP contribution in [0, 0.1) is 0 Å². The molecule has 0 N–H and O–H groups in total. The Morgan fingerprint density at radius 3 is 2.72 bits per heavy atom. The number of Topliss-reactive ketones (excluding diaryl/α,β-unsaturated/α-hetero) is 1. The normalized spacial score (nSPS) is 12.4. The summed E-state index contributed by atoms with van der Waals surface area (Å²) in [6.45, 7) is 4.02. The second kappa shape index (κ2) is 7.72. The molecule has 4 nitrogen and oxygen atoms in total. The summed E-state index contributed by atoms with van der Waals surface area (Å²) in [4.78, 5) is 29.8. The fourth-order valence-corrected chi connectivity index (χ4v) is 4.31. The second-order valence-electron chi connectivity index (χ2n) is 5.68. The molecule has 3 aromatic rings. The Bertz CT molecular complexity index is 963. The van der Waals surface area contributed by atoms with E-state index in [1.54, 1.807) is 28.8 Å². The van der Waals surface area contributed by atoms with Crippen molar-refractivity contribution in [1.82, 2.24) is 9.55 Å². The van der Waals surface area contributed by atoms with Crippen LogP contribution in [0.2, 0.25) is 5.02 Å². The van der Waals surface area contributed by atoms with Crippen LogP contribution in [0.15, 0.2) is 45.7 Å². The summed E-state index contributed by atoms with van der Waals surface area (Å²) in [6.07, 6.45) is 0.817. The lowest BCUT2D eigenvalue weighted by molar-refractivity contribution is 0.102. The summed E-state index contributed by atoms with van der Waals surface area (Å²) in [6, 6.07) is 8.69. The number of thioether (sulfide) groups is 1. The molecule has 0 aliphatic carbocycles. The topological polar surface area (TPSA) is 52.0 Å². The third kappa shape index (κ3) is 3.81. The summed E-state index contributed by atoms with van der Waals surface area (Å²) in [5.41, 5.74) is 1.26. The maximum atomic E-state index is 12.8. The lowest BCUT2D eigenvalue weighted by Gasteiger charge is -2.17. The van der Waals surface area contributed by atoms with Crippen LogP contribution in [-0.4, -0.2) is 21.1 Å². The van der Waals surface area contributed by atoms with Gasteiger partial charge in [0, 0.05) is 16.6 Å². The Hall–Kier alpha value is -1.63. The number of fused-ring (bicyclic) bond motifs is 1. The minimum absolute atomic E-state index is 0.0166. The molecule has 0 amide bonds. The van der Waals surface area contributed by atoms with Crippen LogP contribution in [0.1, 0.15) is 36.7 Å². The Morgan fingerprint density at radius 2 is 2.04 bits per heavy atom. The van der Waals surface area contributed by atoms with Crippen LogP contribution in [0.25, 0.3) is 10.2 Å². The van der Waals surface area contributed by atoms with Crippen molar-refractivity contribution in [3.63, 3.8) is 0 Å². The van der Waals surface area contributed by atoms with Gasteiger partial charge in [0.15, 0.2) is 10.9 Å². The van der Waals surface area contributed by atoms with Crippen molar-refractivity contribution in [3.8, 4) is 0 Å². The smallest absolute Gasteiger partial charge is 0.272 e. The lowest BCUT2D eigenvalue weighted by atomic mass is 10.1. The molecule has 25 heavy (non-hydrogen) atoms. The molecule has 0 spiro atoms.